The summed E-state index contributed by atoms with van der Waals surface area (Å²) < 4.78 is 18.2. The van der Waals surface area contributed by atoms with Crippen LogP contribution in [0.5, 0.6) is 11.5 Å². The molecule has 10 rings (SSSR count). The van der Waals surface area contributed by atoms with Gasteiger partial charge >= 0.3 is 0 Å². The smallest absolute Gasteiger partial charge is 0.260 e. The molecule has 0 radical (unpaired) electrons. The van der Waals surface area contributed by atoms with Crippen LogP contribution in [0.15, 0.2) is 85.7 Å². The van der Waals surface area contributed by atoms with Gasteiger partial charge in [-0.25, -0.2) is 9.97 Å². The lowest BCUT2D eigenvalue weighted by Gasteiger charge is -2.38. The number of hydrogen-bond acceptors (Lipinski definition) is 12. The third kappa shape index (κ3) is 9.32. The van der Waals surface area contributed by atoms with Crippen LogP contribution in [0.3, 0.4) is 0 Å². The summed E-state index contributed by atoms with van der Waals surface area (Å²) in [5.41, 5.74) is 3.64. The largest absolute Gasteiger partial charge is 0.496 e. The van der Waals surface area contributed by atoms with E-state index in [4.69, 9.17) is 19.7 Å². The molecule has 6 atom stereocenters. The van der Waals surface area contributed by atoms with Crippen molar-refractivity contribution in [3.05, 3.63) is 96.8 Å². The predicted octanol–water partition coefficient (Wildman–Crippen LogP) is 7.10. The van der Waals surface area contributed by atoms with Crippen LogP contribution in [-0.2, 0) is 9.59 Å². The van der Waals surface area contributed by atoms with Crippen LogP contribution in [0, 0.1) is 11.8 Å². The molecule has 2 aromatic carbocycles. The highest BCUT2D eigenvalue weighted by Crippen LogP contribution is 2.39. The summed E-state index contributed by atoms with van der Waals surface area (Å²) in [6, 6.07) is 15.4. The number of nitrogens with zero attached hydrogens (tertiary/aromatic N) is 12. The molecule has 20 heteroatoms. The van der Waals surface area contributed by atoms with Gasteiger partial charge in [-0.3, -0.25) is 28.5 Å². The Bertz CT molecular complexity index is 3030. The highest BCUT2D eigenvalue weighted by molar-refractivity contribution is 6.09. The molecule has 0 spiro atoms. The van der Waals surface area contributed by atoms with Crippen LogP contribution in [0.1, 0.15) is 99.0 Å². The van der Waals surface area contributed by atoms with Crippen molar-refractivity contribution in [2.75, 3.05) is 38.9 Å². The summed E-state index contributed by atoms with van der Waals surface area (Å²) in [6.45, 7) is 7.65. The van der Waals surface area contributed by atoms with E-state index in [-0.39, 0.29) is 47.8 Å². The van der Waals surface area contributed by atoms with Crippen molar-refractivity contribution in [2.45, 2.75) is 90.4 Å². The Hall–Kier alpha value is -7.90. The summed E-state index contributed by atoms with van der Waals surface area (Å²) >= 11 is 0. The van der Waals surface area contributed by atoms with Gasteiger partial charge in [-0.15, -0.1) is 0 Å². The van der Waals surface area contributed by atoms with Gasteiger partial charge in [-0.05, 0) is 86.8 Å². The minimum atomic E-state index is -0.315. The highest BCUT2D eigenvalue weighted by Gasteiger charge is 2.34. The van der Waals surface area contributed by atoms with Crippen LogP contribution in [0.25, 0.3) is 33.1 Å². The summed E-state index contributed by atoms with van der Waals surface area (Å²) in [7, 11) is 6.84. The first-order valence-corrected chi connectivity index (χ1v) is 23.5. The van der Waals surface area contributed by atoms with E-state index in [0.717, 1.165) is 60.3 Å². The maximum Gasteiger partial charge on any atom is 0.260 e. The van der Waals surface area contributed by atoms with E-state index in [1.165, 1.54) is 0 Å². The van der Waals surface area contributed by atoms with Crippen molar-refractivity contribution in [2.24, 2.45) is 11.8 Å². The normalized spacial score (nSPS) is 20.2. The maximum absolute atomic E-state index is 13.2. The number of carbonyl (C=O) groups is 4. The van der Waals surface area contributed by atoms with Crippen molar-refractivity contribution < 1.29 is 28.7 Å². The fraction of sp³-hybridized carbons (Fsp3) is 0.400. The number of amides is 4. The summed E-state index contributed by atoms with van der Waals surface area (Å²) in [5.74, 6) is 2.13. The first-order valence-electron chi connectivity index (χ1n) is 23.5. The first kappa shape index (κ1) is 47.2. The number of methoxy groups -OCH3 is 2. The fourth-order valence-electron chi connectivity index (χ4n) is 10.1. The van der Waals surface area contributed by atoms with Crippen molar-refractivity contribution in [3.63, 3.8) is 0 Å². The minimum absolute atomic E-state index is 0.100. The Kier molecular flexibility index (Phi) is 13.2. The average Bonchev–Trinajstić information content (AvgIpc) is 4.17. The number of anilines is 2. The lowest BCUT2D eigenvalue weighted by atomic mass is 9.82. The molecule has 6 aromatic heterocycles. The molecule has 0 saturated heterocycles. The van der Waals surface area contributed by atoms with Crippen LogP contribution >= 0.6 is 0 Å². The lowest BCUT2D eigenvalue weighted by Crippen LogP contribution is -2.41. The molecule has 2 aliphatic carbocycles. The number of nitrogens with one attached hydrogen (secondary N) is 2. The molecule has 2 fully saturated rings. The molecule has 2 aliphatic rings. The van der Waals surface area contributed by atoms with Gasteiger partial charge in [0.1, 0.15) is 11.5 Å². The van der Waals surface area contributed by atoms with Gasteiger partial charge in [0, 0.05) is 87.7 Å². The van der Waals surface area contributed by atoms with Crippen LogP contribution in [0.4, 0.5) is 11.6 Å². The lowest BCUT2D eigenvalue weighted by molar-refractivity contribution is -0.131. The van der Waals surface area contributed by atoms with Gasteiger partial charge in [0.2, 0.25) is 11.8 Å². The van der Waals surface area contributed by atoms with E-state index in [1.807, 2.05) is 69.9 Å². The van der Waals surface area contributed by atoms with Gasteiger partial charge in [0.25, 0.3) is 11.8 Å². The summed E-state index contributed by atoms with van der Waals surface area (Å²) in [4.78, 5) is 62.1. The number of hydrogen-bond donors (Lipinski definition) is 2. The number of imidazole rings is 2. The van der Waals surface area contributed by atoms with E-state index < -0.39 is 0 Å². The van der Waals surface area contributed by atoms with E-state index in [1.54, 1.807) is 86.2 Å². The molecule has 2 N–H and O–H groups in total. The third-order valence-electron chi connectivity index (χ3n) is 14.2. The molecule has 2 saturated carbocycles. The highest BCUT2D eigenvalue weighted by atomic mass is 16.5. The zero-order valence-corrected chi connectivity index (χ0v) is 40.6. The molecular weight excluding hydrogens is 893 g/mol. The monoisotopic (exact) mass is 950 g/mol. The second kappa shape index (κ2) is 19.6. The molecule has 8 aromatic rings. The molecule has 0 bridgehead atoms. The number of ether oxygens (including phenoxy) is 2. The van der Waals surface area contributed by atoms with Gasteiger partial charge < -0.3 is 29.9 Å². The summed E-state index contributed by atoms with van der Waals surface area (Å²) in [5, 5.41) is 25.6. The SMILES string of the molecule is COc1cc2nn([C@@H]3CCC(N(C)C(C)=O)C[C@H]3C)cc2cc1C(=O)Nc1cnc2cccnn12.COc1cc2nn([C@@H]3CCC(N(C)C(C)=O)C[C@H]3C)cc2cc1C(=O)Nc1cnc2cccnn12. The number of rotatable bonds is 10. The first-order chi connectivity index (χ1) is 33.7. The van der Waals surface area contributed by atoms with Gasteiger partial charge in [-0.1, -0.05) is 13.8 Å². The van der Waals surface area contributed by atoms with Crippen LogP contribution < -0.4 is 20.1 Å². The number of benzene rings is 2. The summed E-state index contributed by atoms with van der Waals surface area (Å²) in [6.07, 6.45) is 16.0. The van der Waals surface area contributed by atoms with E-state index >= 15 is 0 Å². The minimum Gasteiger partial charge on any atom is -0.496 e. The zero-order valence-electron chi connectivity index (χ0n) is 40.6. The van der Waals surface area contributed by atoms with Gasteiger partial charge in [-0.2, -0.15) is 29.4 Å². The van der Waals surface area contributed by atoms with Crippen molar-refractivity contribution in [1.82, 2.24) is 58.6 Å². The third-order valence-corrected chi connectivity index (χ3v) is 14.2. The van der Waals surface area contributed by atoms with Gasteiger partial charge in [0.15, 0.2) is 22.9 Å². The number of aromatic nitrogens is 10. The molecule has 6 heterocycles. The van der Waals surface area contributed by atoms with Crippen LogP contribution in [0.2, 0.25) is 0 Å². The maximum atomic E-state index is 13.2. The van der Waals surface area contributed by atoms with E-state index in [2.05, 4.69) is 44.6 Å². The van der Waals surface area contributed by atoms with Crippen molar-refractivity contribution in [3.8, 4) is 11.5 Å². The standard InChI is InChI=1S/2C25H29N7O3/c2*1-15-10-18(30(3)16(2)33)7-8-21(15)31-14-17-11-19(22(35-4)12-20(17)29-31)25(34)28-24-13-26-23-6-5-9-27-32(23)24/h2*5-6,9,11-15,18,21H,7-8,10H2,1-4H3,(H,28,34)/t2*15-,18?,21-/m11/s1. The molecule has 2 unspecified atom stereocenters. The predicted molar refractivity (Wildman–Crippen MR) is 263 cm³/mol. The Morgan fingerprint density at radius 1 is 0.629 bits per heavy atom. The Balaban J connectivity index is 0.000000174. The average molecular weight is 951 g/mol. The van der Waals surface area contributed by atoms with Crippen molar-refractivity contribution in [1.29, 1.82) is 0 Å². The van der Waals surface area contributed by atoms with E-state index in [9.17, 15) is 19.2 Å². The second-order valence-electron chi connectivity index (χ2n) is 18.5. The molecule has 0 aliphatic heterocycles. The topological polar surface area (TPSA) is 213 Å². The Morgan fingerprint density at radius 2 is 1.04 bits per heavy atom. The number of carbonyl (C=O) groups excluding carboxylic acids is 4. The molecule has 70 heavy (non-hydrogen) atoms. The second-order valence-corrected chi connectivity index (χ2v) is 18.5. The molecule has 20 nitrogen and oxygen atoms in total. The number of fused-ring (bicyclic) bond motifs is 4. The fourth-order valence-corrected chi connectivity index (χ4v) is 10.1. The van der Waals surface area contributed by atoms with E-state index in [0.29, 0.717) is 57.4 Å². The van der Waals surface area contributed by atoms with Crippen LogP contribution in [-0.4, -0.2) is 123 Å². The van der Waals surface area contributed by atoms with Crippen molar-refractivity contribution >= 4 is 68.4 Å². The zero-order chi connectivity index (χ0) is 49.4. The molecule has 364 valence electrons. The molecular formula is C50H58N14O6. The Morgan fingerprint density at radius 3 is 1.41 bits per heavy atom. The molecule has 4 amide bonds. The van der Waals surface area contributed by atoms with Gasteiger partial charge in [0.05, 0.1) is 60.9 Å². The quantitative estimate of drug-likeness (QED) is 0.141. The Labute approximate surface area is 403 Å².